The summed E-state index contributed by atoms with van der Waals surface area (Å²) in [6, 6.07) is 0. The normalized spacial score (nSPS) is 19.9. The van der Waals surface area contributed by atoms with Gasteiger partial charge in [0.25, 0.3) is 10.0 Å². The van der Waals surface area contributed by atoms with Crippen LogP contribution in [-0.4, -0.2) is 29.8 Å². The van der Waals surface area contributed by atoms with Gasteiger partial charge in [-0.3, -0.25) is 0 Å². The molecule has 1 aliphatic carbocycles. The maximum atomic E-state index is 12.2. The Labute approximate surface area is 112 Å². The number of halogens is 1. The third kappa shape index (κ3) is 2.87. The summed E-state index contributed by atoms with van der Waals surface area (Å²) >= 11 is 5.98. The number of hydrogen-bond donors (Lipinski definition) is 2. The highest BCUT2D eigenvalue weighted by Crippen LogP contribution is 2.30. The molecule has 1 aromatic heterocycles. The highest BCUT2D eigenvalue weighted by molar-refractivity contribution is 7.89. The fourth-order valence-electron chi connectivity index (χ4n) is 2.37. The Balaban J connectivity index is 2.21. The molecule has 0 amide bonds. The zero-order valence-corrected chi connectivity index (χ0v) is 11.9. The summed E-state index contributed by atoms with van der Waals surface area (Å²) in [7, 11) is -3.56. The zero-order chi connectivity index (χ0) is 13.2. The SMILES string of the molecule is Cc1ncc(S(=O)(=O)NC2(CCl)CCCCC2)[nH]1. The van der Waals surface area contributed by atoms with E-state index in [1.54, 1.807) is 6.92 Å². The second kappa shape index (κ2) is 5.19. The number of aromatic amines is 1. The average molecular weight is 292 g/mol. The van der Waals surface area contributed by atoms with Gasteiger partial charge in [-0.25, -0.2) is 18.1 Å². The molecule has 0 unspecified atom stereocenters. The van der Waals surface area contributed by atoms with Crippen LogP contribution in [0.15, 0.2) is 11.2 Å². The third-order valence-corrected chi connectivity index (χ3v) is 5.39. The lowest BCUT2D eigenvalue weighted by atomic mass is 9.84. The van der Waals surface area contributed by atoms with E-state index in [4.69, 9.17) is 11.6 Å². The molecule has 0 spiro atoms. The Morgan fingerprint density at radius 3 is 2.61 bits per heavy atom. The molecule has 7 heteroatoms. The summed E-state index contributed by atoms with van der Waals surface area (Å²) in [5.41, 5.74) is -0.502. The van der Waals surface area contributed by atoms with Gasteiger partial charge in [0.15, 0.2) is 5.03 Å². The van der Waals surface area contributed by atoms with Gasteiger partial charge >= 0.3 is 0 Å². The van der Waals surface area contributed by atoms with Gasteiger partial charge in [0, 0.05) is 11.4 Å². The van der Waals surface area contributed by atoms with E-state index in [9.17, 15) is 8.42 Å². The molecule has 1 aliphatic rings. The molecule has 18 heavy (non-hydrogen) atoms. The quantitative estimate of drug-likeness (QED) is 0.833. The van der Waals surface area contributed by atoms with Crippen LogP contribution in [0.25, 0.3) is 0 Å². The van der Waals surface area contributed by atoms with Crippen LogP contribution in [0.4, 0.5) is 0 Å². The monoisotopic (exact) mass is 291 g/mol. The summed E-state index contributed by atoms with van der Waals surface area (Å²) < 4.78 is 27.2. The maximum Gasteiger partial charge on any atom is 0.258 e. The summed E-state index contributed by atoms with van der Waals surface area (Å²) in [6.45, 7) is 1.72. The first kappa shape index (κ1) is 13.8. The fraction of sp³-hybridized carbons (Fsp3) is 0.727. The topological polar surface area (TPSA) is 74.8 Å². The lowest BCUT2D eigenvalue weighted by Gasteiger charge is -2.35. The van der Waals surface area contributed by atoms with Crippen LogP contribution < -0.4 is 4.72 Å². The molecule has 1 aromatic rings. The number of nitrogens with one attached hydrogen (secondary N) is 2. The Bertz CT molecular complexity index is 506. The maximum absolute atomic E-state index is 12.2. The van der Waals surface area contributed by atoms with Gasteiger partial charge in [-0.15, -0.1) is 11.6 Å². The lowest BCUT2D eigenvalue weighted by Crippen LogP contribution is -2.51. The Morgan fingerprint density at radius 2 is 2.11 bits per heavy atom. The summed E-state index contributed by atoms with van der Waals surface area (Å²) in [5, 5.41) is 0.107. The third-order valence-electron chi connectivity index (χ3n) is 3.39. The number of H-pyrrole nitrogens is 1. The van der Waals surface area contributed by atoms with Crippen molar-refractivity contribution < 1.29 is 8.42 Å². The van der Waals surface area contributed by atoms with Crippen molar-refractivity contribution >= 4 is 21.6 Å². The van der Waals surface area contributed by atoms with Crippen molar-refractivity contribution in [2.75, 3.05) is 5.88 Å². The highest BCUT2D eigenvalue weighted by Gasteiger charge is 2.36. The summed E-state index contributed by atoms with van der Waals surface area (Å²) in [5.74, 6) is 0.887. The number of aryl methyl sites for hydroxylation is 1. The molecule has 2 N–H and O–H groups in total. The van der Waals surface area contributed by atoms with E-state index < -0.39 is 15.6 Å². The molecule has 0 bridgehead atoms. The number of alkyl halides is 1. The highest BCUT2D eigenvalue weighted by atomic mass is 35.5. The van der Waals surface area contributed by atoms with Crippen molar-refractivity contribution in [2.24, 2.45) is 0 Å². The second-order valence-corrected chi connectivity index (χ2v) is 6.83. The number of imidazole rings is 1. The molecule has 1 fully saturated rings. The van der Waals surface area contributed by atoms with E-state index in [0.29, 0.717) is 11.7 Å². The van der Waals surface area contributed by atoms with Crippen molar-refractivity contribution in [1.29, 1.82) is 0 Å². The number of hydrogen-bond acceptors (Lipinski definition) is 3. The molecular formula is C11H18ClN3O2S. The molecule has 0 radical (unpaired) electrons. The molecule has 0 saturated heterocycles. The summed E-state index contributed by atoms with van der Waals surface area (Å²) in [6.07, 6.45) is 6.09. The standard InChI is InChI=1S/C11H18ClN3O2S/c1-9-13-7-10(14-9)18(16,17)15-11(8-12)5-3-2-4-6-11/h7,15H,2-6,8H2,1H3,(H,13,14). The fourth-order valence-corrected chi connectivity index (χ4v) is 4.21. The second-order valence-electron chi connectivity index (χ2n) is 4.91. The number of aromatic nitrogens is 2. The number of sulfonamides is 1. The number of rotatable bonds is 4. The molecule has 5 nitrogen and oxygen atoms in total. The van der Waals surface area contributed by atoms with Gasteiger partial charge in [0.1, 0.15) is 5.82 Å². The molecule has 1 heterocycles. The van der Waals surface area contributed by atoms with E-state index in [1.807, 2.05) is 0 Å². The first-order chi connectivity index (χ1) is 8.47. The van der Waals surface area contributed by atoms with Crippen LogP contribution in [0.1, 0.15) is 37.9 Å². The van der Waals surface area contributed by atoms with E-state index >= 15 is 0 Å². The predicted molar refractivity (Wildman–Crippen MR) is 70.2 cm³/mol. The minimum atomic E-state index is -3.56. The van der Waals surface area contributed by atoms with Crippen molar-refractivity contribution in [3.8, 4) is 0 Å². The van der Waals surface area contributed by atoms with Gasteiger partial charge in [0.2, 0.25) is 0 Å². The largest absolute Gasteiger partial charge is 0.332 e. The first-order valence-corrected chi connectivity index (χ1v) is 8.11. The van der Waals surface area contributed by atoms with Gasteiger partial charge < -0.3 is 4.98 Å². The summed E-state index contributed by atoms with van der Waals surface area (Å²) in [4.78, 5) is 6.66. The van der Waals surface area contributed by atoms with Crippen LogP contribution in [0, 0.1) is 6.92 Å². The van der Waals surface area contributed by atoms with E-state index in [1.165, 1.54) is 6.20 Å². The van der Waals surface area contributed by atoms with Crippen LogP contribution in [0.2, 0.25) is 0 Å². The smallest absolute Gasteiger partial charge is 0.258 e. The minimum absolute atomic E-state index is 0.107. The zero-order valence-electron chi connectivity index (χ0n) is 10.4. The molecule has 1 saturated carbocycles. The molecule has 0 aromatic carbocycles. The Morgan fingerprint density at radius 1 is 1.44 bits per heavy atom. The van der Waals surface area contributed by atoms with Crippen molar-refractivity contribution in [2.45, 2.75) is 49.6 Å². The molecule has 0 atom stereocenters. The number of nitrogens with zero attached hydrogens (tertiary/aromatic N) is 1. The van der Waals surface area contributed by atoms with Crippen molar-refractivity contribution in [3.05, 3.63) is 12.0 Å². The lowest BCUT2D eigenvalue weighted by molar-refractivity contribution is 0.297. The minimum Gasteiger partial charge on any atom is -0.332 e. The predicted octanol–water partition coefficient (Wildman–Crippen LogP) is 1.94. The van der Waals surface area contributed by atoms with Gasteiger partial charge in [-0.05, 0) is 19.8 Å². The van der Waals surface area contributed by atoms with Gasteiger partial charge in [-0.1, -0.05) is 19.3 Å². The molecular weight excluding hydrogens is 274 g/mol. The average Bonchev–Trinajstić information content (AvgIpc) is 2.77. The molecule has 2 rings (SSSR count). The van der Waals surface area contributed by atoms with Crippen molar-refractivity contribution in [1.82, 2.24) is 14.7 Å². The first-order valence-electron chi connectivity index (χ1n) is 6.09. The Kier molecular flexibility index (Phi) is 3.99. The van der Waals surface area contributed by atoms with Crippen LogP contribution in [0.3, 0.4) is 0 Å². The van der Waals surface area contributed by atoms with Gasteiger partial charge in [-0.2, -0.15) is 0 Å². The molecule has 0 aliphatic heterocycles. The van der Waals surface area contributed by atoms with Crippen LogP contribution in [-0.2, 0) is 10.0 Å². The van der Waals surface area contributed by atoms with Crippen LogP contribution in [0.5, 0.6) is 0 Å². The van der Waals surface area contributed by atoms with E-state index in [0.717, 1.165) is 32.1 Å². The van der Waals surface area contributed by atoms with E-state index in [2.05, 4.69) is 14.7 Å². The Hall–Kier alpha value is -0.590. The van der Waals surface area contributed by atoms with Gasteiger partial charge in [0.05, 0.1) is 6.20 Å². The van der Waals surface area contributed by atoms with Crippen molar-refractivity contribution in [3.63, 3.8) is 0 Å². The van der Waals surface area contributed by atoms with E-state index in [-0.39, 0.29) is 5.03 Å². The molecule has 102 valence electrons. The van der Waals surface area contributed by atoms with Crippen LogP contribution >= 0.6 is 11.6 Å².